The number of furan rings is 1. The molecule has 3 unspecified atom stereocenters. The van der Waals surface area contributed by atoms with Crippen LogP contribution in [-0.2, 0) is 16.0 Å². The Morgan fingerprint density at radius 1 is 1.47 bits per heavy atom. The van der Waals surface area contributed by atoms with Crippen LogP contribution in [0.3, 0.4) is 0 Å². The van der Waals surface area contributed by atoms with Crippen molar-refractivity contribution in [1.29, 1.82) is 0 Å². The molecule has 1 aromatic heterocycles. The van der Waals surface area contributed by atoms with Gasteiger partial charge in [0.25, 0.3) is 0 Å². The summed E-state index contributed by atoms with van der Waals surface area (Å²) in [5.41, 5.74) is 0. The molecule has 1 aromatic rings. The molecule has 1 heterocycles. The van der Waals surface area contributed by atoms with Gasteiger partial charge in [0.15, 0.2) is 0 Å². The summed E-state index contributed by atoms with van der Waals surface area (Å²) in [6.45, 7) is 5.46. The van der Waals surface area contributed by atoms with E-state index in [2.05, 4.69) is 5.32 Å². The Morgan fingerprint density at radius 3 is 2.88 bits per heavy atom. The quantitative estimate of drug-likeness (QED) is 0.823. The topological polar surface area (TPSA) is 43.6 Å². The average molecular weight is 239 g/mol. The van der Waals surface area contributed by atoms with E-state index in [1.807, 2.05) is 26.0 Å². The highest BCUT2D eigenvalue weighted by atomic mass is 16.5. The van der Waals surface area contributed by atoms with E-state index in [0.717, 1.165) is 31.1 Å². The molecular formula is C13H21NO3. The highest BCUT2D eigenvalue weighted by Gasteiger charge is 2.41. The second kappa shape index (κ2) is 5.67. The summed E-state index contributed by atoms with van der Waals surface area (Å²) in [4.78, 5) is 0. The first-order valence-electron chi connectivity index (χ1n) is 6.17. The van der Waals surface area contributed by atoms with Gasteiger partial charge in [0, 0.05) is 19.8 Å². The maximum atomic E-state index is 5.58. The number of ether oxygens (including phenoxy) is 2. The number of rotatable bonds is 6. The van der Waals surface area contributed by atoms with Crippen molar-refractivity contribution in [3.05, 3.63) is 23.7 Å². The maximum absolute atomic E-state index is 5.58. The van der Waals surface area contributed by atoms with Crippen LogP contribution < -0.4 is 5.32 Å². The molecule has 2 rings (SSSR count). The Bertz CT molecular complexity index is 350. The van der Waals surface area contributed by atoms with E-state index in [4.69, 9.17) is 13.9 Å². The van der Waals surface area contributed by atoms with E-state index >= 15 is 0 Å². The molecule has 1 saturated carbocycles. The summed E-state index contributed by atoms with van der Waals surface area (Å²) >= 11 is 0. The molecule has 1 fully saturated rings. The van der Waals surface area contributed by atoms with Crippen molar-refractivity contribution in [1.82, 2.24) is 5.32 Å². The lowest BCUT2D eigenvalue weighted by atomic mass is 9.85. The number of methoxy groups -OCH3 is 1. The van der Waals surface area contributed by atoms with E-state index in [1.54, 1.807) is 7.11 Å². The Balaban J connectivity index is 1.77. The van der Waals surface area contributed by atoms with Crippen molar-refractivity contribution >= 4 is 0 Å². The molecular weight excluding hydrogens is 218 g/mol. The SMILES string of the molecule is CCOC1CC(NCc2ccc(C)o2)C1OC. The van der Waals surface area contributed by atoms with Crippen LogP contribution in [0.5, 0.6) is 0 Å². The number of hydrogen-bond acceptors (Lipinski definition) is 4. The molecule has 1 aliphatic carbocycles. The molecule has 0 radical (unpaired) electrons. The van der Waals surface area contributed by atoms with Crippen LogP contribution in [0.1, 0.15) is 24.9 Å². The van der Waals surface area contributed by atoms with Gasteiger partial charge < -0.3 is 19.2 Å². The first-order chi connectivity index (χ1) is 8.24. The van der Waals surface area contributed by atoms with Gasteiger partial charge in [0.1, 0.15) is 11.5 Å². The third-order valence-electron chi connectivity index (χ3n) is 3.24. The molecule has 0 saturated heterocycles. The van der Waals surface area contributed by atoms with Gasteiger partial charge in [0.2, 0.25) is 0 Å². The van der Waals surface area contributed by atoms with Gasteiger partial charge in [-0.25, -0.2) is 0 Å². The number of hydrogen-bond donors (Lipinski definition) is 1. The lowest BCUT2D eigenvalue weighted by Gasteiger charge is -2.43. The fourth-order valence-electron chi connectivity index (χ4n) is 2.29. The molecule has 4 heteroatoms. The lowest BCUT2D eigenvalue weighted by Crippen LogP contribution is -2.59. The molecule has 0 aliphatic heterocycles. The van der Waals surface area contributed by atoms with Crippen molar-refractivity contribution in [3.63, 3.8) is 0 Å². The second-order valence-electron chi connectivity index (χ2n) is 4.43. The molecule has 0 amide bonds. The Morgan fingerprint density at radius 2 is 2.29 bits per heavy atom. The minimum Gasteiger partial charge on any atom is -0.465 e. The van der Waals surface area contributed by atoms with Crippen LogP contribution in [0.2, 0.25) is 0 Å². The summed E-state index contributed by atoms with van der Waals surface area (Å²) in [7, 11) is 1.74. The van der Waals surface area contributed by atoms with Gasteiger partial charge >= 0.3 is 0 Å². The van der Waals surface area contributed by atoms with E-state index < -0.39 is 0 Å². The van der Waals surface area contributed by atoms with Crippen LogP contribution in [0.25, 0.3) is 0 Å². The second-order valence-corrected chi connectivity index (χ2v) is 4.43. The largest absolute Gasteiger partial charge is 0.465 e. The maximum Gasteiger partial charge on any atom is 0.117 e. The van der Waals surface area contributed by atoms with Crippen molar-refractivity contribution in [2.45, 2.75) is 45.1 Å². The molecule has 4 nitrogen and oxygen atoms in total. The summed E-state index contributed by atoms with van der Waals surface area (Å²) < 4.78 is 16.5. The smallest absolute Gasteiger partial charge is 0.117 e. The Hall–Kier alpha value is -0.840. The molecule has 96 valence electrons. The molecule has 17 heavy (non-hydrogen) atoms. The van der Waals surface area contributed by atoms with E-state index in [0.29, 0.717) is 6.04 Å². The fraction of sp³-hybridized carbons (Fsp3) is 0.692. The highest BCUT2D eigenvalue weighted by molar-refractivity contribution is 5.06. The first kappa shape index (κ1) is 12.6. The van der Waals surface area contributed by atoms with Gasteiger partial charge in [-0.3, -0.25) is 0 Å². The third kappa shape index (κ3) is 2.89. The van der Waals surface area contributed by atoms with Gasteiger partial charge in [-0.2, -0.15) is 0 Å². The first-order valence-corrected chi connectivity index (χ1v) is 6.17. The monoisotopic (exact) mass is 239 g/mol. The zero-order valence-corrected chi connectivity index (χ0v) is 10.7. The molecule has 3 atom stereocenters. The van der Waals surface area contributed by atoms with Gasteiger partial charge in [-0.15, -0.1) is 0 Å². The highest BCUT2D eigenvalue weighted by Crippen LogP contribution is 2.27. The predicted molar refractivity (Wildman–Crippen MR) is 64.9 cm³/mol. The Kier molecular flexibility index (Phi) is 4.20. The fourth-order valence-corrected chi connectivity index (χ4v) is 2.29. The van der Waals surface area contributed by atoms with Crippen molar-refractivity contribution in [3.8, 4) is 0 Å². The van der Waals surface area contributed by atoms with E-state index in [1.165, 1.54) is 0 Å². The summed E-state index contributed by atoms with van der Waals surface area (Å²) in [5.74, 6) is 1.92. The molecule has 1 N–H and O–H groups in total. The number of nitrogens with one attached hydrogen (secondary N) is 1. The summed E-state index contributed by atoms with van der Waals surface area (Å²) in [6, 6.07) is 4.35. The molecule has 0 aromatic carbocycles. The van der Waals surface area contributed by atoms with Crippen molar-refractivity contribution in [2.75, 3.05) is 13.7 Å². The minimum atomic E-state index is 0.158. The van der Waals surface area contributed by atoms with Crippen LogP contribution in [0.15, 0.2) is 16.5 Å². The third-order valence-corrected chi connectivity index (χ3v) is 3.24. The normalized spacial score (nSPS) is 28.1. The zero-order valence-electron chi connectivity index (χ0n) is 10.7. The van der Waals surface area contributed by atoms with Crippen molar-refractivity contribution in [2.24, 2.45) is 0 Å². The van der Waals surface area contributed by atoms with Crippen LogP contribution in [0.4, 0.5) is 0 Å². The molecule has 0 bridgehead atoms. The van der Waals surface area contributed by atoms with Crippen molar-refractivity contribution < 1.29 is 13.9 Å². The number of aryl methyl sites for hydroxylation is 1. The standard InChI is InChI=1S/C13H21NO3/c1-4-16-12-7-11(13(12)15-3)14-8-10-6-5-9(2)17-10/h5-6,11-14H,4,7-8H2,1-3H3. The Labute approximate surface area is 102 Å². The summed E-state index contributed by atoms with van der Waals surface area (Å²) in [6.07, 6.45) is 1.40. The predicted octanol–water partition coefficient (Wildman–Crippen LogP) is 1.87. The van der Waals surface area contributed by atoms with Gasteiger partial charge in [-0.1, -0.05) is 0 Å². The minimum absolute atomic E-state index is 0.158. The zero-order chi connectivity index (χ0) is 12.3. The molecule has 0 spiro atoms. The van der Waals surface area contributed by atoms with Crippen LogP contribution in [0, 0.1) is 6.92 Å². The van der Waals surface area contributed by atoms with E-state index in [9.17, 15) is 0 Å². The van der Waals surface area contributed by atoms with Gasteiger partial charge in [0.05, 0.1) is 18.8 Å². The van der Waals surface area contributed by atoms with Crippen LogP contribution in [-0.4, -0.2) is 32.0 Å². The average Bonchev–Trinajstić information content (AvgIpc) is 2.69. The van der Waals surface area contributed by atoms with Crippen LogP contribution >= 0.6 is 0 Å². The lowest BCUT2D eigenvalue weighted by molar-refractivity contribution is -0.131. The molecule has 1 aliphatic rings. The van der Waals surface area contributed by atoms with E-state index in [-0.39, 0.29) is 12.2 Å². The summed E-state index contributed by atoms with van der Waals surface area (Å²) in [5, 5.41) is 3.44. The van der Waals surface area contributed by atoms with Gasteiger partial charge in [-0.05, 0) is 32.4 Å².